The summed E-state index contributed by atoms with van der Waals surface area (Å²) in [6.45, 7) is 6.79. The predicted molar refractivity (Wildman–Crippen MR) is 151 cm³/mol. The van der Waals surface area contributed by atoms with Gasteiger partial charge in [0.15, 0.2) is 5.78 Å². The van der Waals surface area contributed by atoms with Crippen LogP contribution in [0.3, 0.4) is 0 Å². The van der Waals surface area contributed by atoms with Crippen LogP contribution in [0.4, 0.5) is 22.0 Å². The topological polar surface area (TPSA) is 37.3 Å². The van der Waals surface area contributed by atoms with Gasteiger partial charge in [-0.1, -0.05) is 45.1 Å². The van der Waals surface area contributed by atoms with Crippen molar-refractivity contribution in [3.63, 3.8) is 0 Å². The van der Waals surface area contributed by atoms with Gasteiger partial charge in [0, 0.05) is 12.8 Å². The number of halogens is 5. The summed E-state index contributed by atoms with van der Waals surface area (Å²) in [6.07, 6.45) is 8.62. The monoisotopic (exact) mass is 592 g/mol. The van der Waals surface area contributed by atoms with Crippen LogP contribution in [0.2, 0.25) is 0 Å². The van der Waals surface area contributed by atoms with Gasteiger partial charge in [-0.05, 0) is 117 Å². The number of unbranched alkanes of at least 4 members (excludes halogenated alkanes) is 4. The Bertz CT molecular complexity index is 931. The number of hydrogen-bond donors (Lipinski definition) is 1. The van der Waals surface area contributed by atoms with E-state index in [-0.39, 0.29) is 23.0 Å². The maximum atomic E-state index is 13.0. The molecule has 0 heterocycles. The van der Waals surface area contributed by atoms with Gasteiger partial charge in [0.05, 0.1) is 5.60 Å². The number of thioether (sulfide) groups is 1. The molecule has 3 fully saturated rings. The number of hydrogen-bond acceptors (Lipinski definition) is 3. The molecule has 230 valence electrons. The first-order valence-corrected chi connectivity index (χ1v) is 16.8. The molecule has 0 aliphatic heterocycles. The zero-order valence-corrected chi connectivity index (χ0v) is 25.4. The van der Waals surface area contributed by atoms with Gasteiger partial charge in [-0.25, -0.2) is 0 Å². The van der Waals surface area contributed by atoms with Gasteiger partial charge < -0.3 is 5.11 Å². The number of alkyl halides is 5. The van der Waals surface area contributed by atoms with E-state index in [4.69, 9.17) is 0 Å². The van der Waals surface area contributed by atoms with E-state index in [0.717, 1.165) is 82.8 Å². The van der Waals surface area contributed by atoms with Crippen LogP contribution >= 0.6 is 11.8 Å². The van der Waals surface area contributed by atoms with E-state index < -0.39 is 24.1 Å². The fourth-order valence-electron chi connectivity index (χ4n) is 9.03. The third-order valence-electron chi connectivity index (χ3n) is 11.8. The lowest BCUT2D eigenvalue weighted by Gasteiger charge is -2.61. The Hall–Kier alpha value is -0.630. The molecule has 0 saturated heterocycles. The normalized spacial score (nSPS) is 38.0. The smallest absolute Gasteiger partial charge is 0.390 e. The minimum atomic E-state index is -5.45. The first-order chi connectivity index (χ1) is 18.6. The number of aliphatic hydroxyl groups is 1. The number of ketones is 1. The molecule has 2 unspecified atom stereocenters. The molecule has 4 rings (SSSR count). The second-order valence-corrected chi connectivity index (χ2v) is 15.3. The quantitative estimate of drug-likeness (QED) is 0.181. The fraction of sp³-hybridized carbons (Fsp3) is 0.906. The number of fused-ring (bicyclic) bond motifs is 5. The first kappa shape index (κ1) is 32.3. The third kappa shape index (κ3) is 6.33. The van der Waals surface area contributed by atoms with Crippen molar-refractivity contribution < 1.29 is 31.9 Å². The van der Waals surface area contributed by atoms with Crippen molar-refractivity contribution >= 4 is 17.5 Å². The molecular formula is C32H49F5O2S. The molecule has 3 saturated carbocycles. The molecule has 0 aromatic carbocycles. The summed E-state index contributed by atoms with van der Waals surface area (Å²) < 4.78 is 62.7. The maximum absolute atomic E-state index is 13.0. The average molecular weight is 593 g/mol. The van der Waals surface area contributed by atoms with E-state index in [2.05, 4.69) is 13.8 Å². The number of rotatable bonds is 12. The van der Waals surface area contributed by atoms with Crippen molar-refractivity contribution in [1.82, 2.24) is 0 Å². The first-order valence-electron chi connectivity index (χ1n) is 15.6. The molecule has 40 heavy (non-hydrogen) atoms. The summed E-state index contributed by atoms with van der Waals surface area (Å²) in [5.74, 6) is -0.893. The summed E-state index contributed by atoms with van der Waals surface area (Å²) in [4.78, 5) is 12.4. The third-order valence-corrected chi connectivity index (χ3v) is 12.9. The van der Waals surface area contributed by atoms with Crippen LogP contribution in [0.1, 0.15) is 117 Å². The van der Waals surface area contributed by atoms with E-state index in [1.807, 2.05) is 13.0 Å². The van der Waals surface area contributed by atoms with Crippen LogP contribution in [-0.4, -0.2) is 40.1 Å². The van der Waals surface area contributed by atoms with Crippen LogP contribution < -0.4 is 0 Å². The van der Waals surface area contributed by atoms with E-state index in [0.29, 0.717) is 35.8 Å². The number of carbonyl (C=O) groups excluding carboxylic acids is 1. The van der Waals surface area contributed by atoms with E-state index in [9.17, 15) is 31.9 Å². The molecule has 0 radical (unpaired) electrons. The van der Waals surface area contributed by atoms with Crippen LogP contribution in [0, 0.1) is 34.5 Å². The summed E-state index contributed by atoms with van der Waals surface area (Å²) in [7, 11) is 0. The lowest BCUT2D eigenvalue weighted by molar-refractivity contribution is -0.284. The van der Waals surface area contributed by atoms with E-state index >= 15 is 0 Å². The van der Waals surface area contributed by atoms with Crippen molar-refractivity contribution in [3.05, 3.63) is 11.6 Å². The van der Waals surface area contributed by atoms with Crippen molar-refractivity contribution in [2.24, 2.45) is 34.5 Å². The Morgan fingerprint density at radius 2 is 1.55 bits per heavy atom. The summed E-state index contributed by atoms with van der Waals surface area (Å²) in [6, 6.07) is 0. The highest BCUT2D eigenvalue weighted by Gasteiger charge is 2.64. The van der Waals surface area contributed by atoms with Crippen molar-refractivity contribution in [1.29, 1.82) is 0 Å². The second-order valence-electron chi connectivity index (χ2n) is 14.1. The molecule has 8 heteroatoms. The molecule has 0 amide bonds. The molecule has 0 bridgehead atoms. The zero-order valence-electron chi connectivity index (χ0n) is 24.6. The standard InChI is InChI=1S/C32H49F5O2S/c1-28-15-11-24(38)21-23(28)20-22(27-25(28)12-16-29(2)26(27)13-17-30(29,3)39)10-7-5-4-6-8-18-40-19-9-14-31(33,34)32(35,36)37/h21-22,25-27,39H,4-20H2,1-3H3/t22?,25-,26+,27-,28+,29+,30?/m1/s1. The van der Waals surface area contributed by atoms with Gasteiger partial charge in [0.25, 0.3) is 0 Å². The van der Waals surface area contributed by atoms with Gasteiger partial charge in [-0.3, -0.25) is 4.79 Å². The Morgan fingerprint density at radius 1 is 0.900 bits per heavy atom. The van der Waals surface area contributed by atoms with E-state index in [1.54, 1.807) is 0 Å². The highest BCUT2D eigenvalue weighted by atomic mass is 32.2. The lowest BCUT2D eigenvalue weighted by atomic mass is 9.44. The molecule has 4 aliphatic carbocycles. The largest absolute Gasteiger partial charge is 0.453 e. The average Bonchev–Trinajstić information content (AvgIpc) is 3.11. The molecule has 2 nitrogen and oxygen atoms in total. The summed E-state index contributed by atoms with van der Waals surface area (Å²) >= 11 is 1.47. The number of carbonyl (C=O) groups is 1. The summed E-state index contributed by atoms with van der Waals surface area (Å²) in [5, 5.41) is 11.4. The zero-order chi connectivity index (χ0) is 29.4. The lowest BCUT2D eigenvalue weighted by Crippen LogP contribution is -2.56. The molecule has 4 aliphatic rings. The predicted octanol–water partition coefficient (Wildman–Crippen LogP) is 9.55. The highest BCUT2D eigenvalue weighted by molar-refractivity contribution is 7.99. The molecular weight excluding hydrogens is 543 g/mol. The van der Waals surface area contributed by atoms with Crippen molar-refractivity contribution in [2.75, 3.05) is 11.5 Å². The van der Waals surface area contributed by atoms with Gasteiger partial charge in [-0.2, -0.15) is 33.7 Å². The summed E-state index contributed by atoms with van der Waals surface area (Å²) in [5.41, 5.74) is 0.859. The minimum absolute atomic E-state index is 0.0329. The maximum Gasteiger partial charge on any atom is 0.453 e. The Labute approximate surface area is 241 Å². The molecule has 7 atom stereocenters. The minimum Gasteiger partial charge on any atom is -0.390 e. The van der Waals surface area contributed by atoms with Gasteiger partial charge in [0.2, 0.25) is 0 Å². The van der Waals surface area contributed by atoms with Crippen LogP contribution in [0.5, 0.6) is 0 Å². The van der Waals surface area contributed by atoms with Gasteiger partial charge >= 0.3 is 12.1 Å². The molecule has 0 aromatic heterocycles. The Balaban J connectivity index is 1.24. The molecule has 0 aromatic rings. The number of allylic oxidation sites excluding steroid dienone is 1. The van der Waals surface area contributed by atoms with Crippen LogP contribution in [0.25, 0.3) is 0 Å². The molecule has 1 N–H and O–H groups in total. The highest BCUT2D eigenvalue weighted by Crippen LogP contribution is 2.69. The van der Waals surface area contributed by atoms with Gasteiger partial charge in [-0.15, -0.1) is 0 Å². The van der Waals surface area contributed by atoms with Crippen molar-refractivity contribution in [3.8, 4) is 0 Å². The molecule has 0 spiro atoms. The van der Waals surface area contributed by atoms with Gasteiger partial charge in [0.1, 0.15) is 0 Å². The van der Waals surface area contributed by atoms with Crippen molar-refractivity contribution in [2.45, 2.75) is 135 Å². The fourth-order valence-corrected chi connectivity index (χ4v) is 9.99. The van der Waals surface area contributed by atoms with Crippen LogP contribution in [0.15, 0.2) is 11.6 Å². The SMILES string of the molecule is CC1(O)CC[C@H]2[C@@H]3C(CCCCCCCSCCCC(F)(F)C(F)(F)F)CC4=CC(=O)CC[C@]4(C)[C@@H]3CC[C@@]21C. The van der Waals surface area contributed by atoms with E-state index in [1.165, 1.54) is 17.3 Å². The second kappa shape index (κ2) is 12.2. The van der Waals surface area contributed by atoms with Crippen LogP contribution in [-0.2, 0) is 4.79 Å². The Kier molecular flexibility index (Phi) is 9.82. The Morgan fingerprint density at radius 3 is 2.27 bits per heavy atom.